The lowest BCUT2D eigenvalue weighted by atomic mass is 9.95. The second-order valence-electron chi connectivity index (χ2n) is 8.82. The molecular weight excluding hydrogens is 512 g/mol. The summed E-state index contributed by atoms with van der Waals surface area (Å²) in [6.45, 7) is 5.56. The summed E-state index contributed by atoms with van der Waals surface area (Å²) in [6.07, 6.45) is 3.02. The molecule has 1 heterocycles. The molecule has 194 valence electrons. The number of hydrogen-bond acceptors (Lipinski definition) is 6. The zero-order valence-electron chi connectivity index (χ0n) is 21.0. The Morgan fingerprint density at radius 2 is 1.78 bits per heavy atom. The van der Waals surface area contributed by atoms with Gasteiger partial charge in [0, 0.05) is 21.2 Å². The molecule has 1 aromatic heterocycles. The minimum absolute atomic E-state index is 0.271. The van der Waals surface area contributed by atoms with Crippen LogP contribution in [0.2, 0.25) is 5.02 Å². The largest absolute Gasteiger partial charge is 0.481 e. The Balaban J connectivity index is 1.42. The smallest absolute Gasteiger partial charge is 0.341 e. The minimum atomic E-state index is -0.775. The zero-order chi connectivity index (χ0) is 26.5. The minimum Gasteiger partial charge on any atom is -0.481 e. The molecule has 0 radical (unpaired) electrons. The van der Waals surface area contributed by atoms with E-state index < -0.39 is 12.1 Å². The van der Waals surface area contributed by atoms with Crippen LogP contribution in [0.4, 0.5) is 10.7 Å². The van der Waals surface area contributed by atoms with Crippen molar-refractivity contribution in [3.63, 3.8) is 0 Å². The number of anilines is 2. The molecule has 0 spiro atoms. The van der Waals surface area contributed by atoms with E-state index in [-0.39, 0.29) is 18.4 Å². The SMILES string of the molecule is CCOC(=O)c1c(NC(=O)c2ccc(O[C@@H](C)C(=O)Nc3cc(Cl)ccc3C)cc2)sc2c1CCCC2. The number of hydrogen-bond donors (Lipinski definition) is 2. The maximum Gasteiger partial charge on any atom is 0.341 e. The molecular formula is C28H29ClN2O5S. The highest BCUT2D eigenvalue weighted by Crippen LogP contribution is 2.39. The molecule has 1 aliphatic carbocycles. The summed E-state index contributed by atoms with van der Waals surface area (Å²) in [4.78, 5) is 39.4. The van der Waals surface area contributed by atoms with Crippen molar-refractivity contribution in [1.29, 1.82) is 0 Å². The number of carbonyl (C=O) groups is 3. The van der Waals surface area contributed by atoms with Gasteiger partial charge in [0.25, 0.3) is 11.8 Å². The molecule has 37 heavy (non-hydrogen) atoms. The Bertz CT molecular complexity index is 1320. The van der Waals surface area contributed by atoms with E-state index in [4.69, 9.17) is 21.1 Å². The first-order chi connectivity index (χ1) is 17.8. The van der Waals surface area contributed by atoms with Gasteiger partial charge in [0.15, 0.2) is 6.10 Å². The number of carbonyl (C=O) groups excluding carboxylic acids is 3. The number of aryl methyl sites for hydroxylation is 2. The van der Waals surface area contributed by atoms with Gasteiger partial charge in [-0.3, -0.25) is 9.59 Å². The summed E-state index contributed by atoms with van der Waals surface area (Å²) < 4.78 is 11.0. The van der Waals surface area contributed by atoms with E-state index in [1.807, 2.05) is 13.0 Å². The predicted octanol–water partition coefficient (Wildman–Crippen LogP) is 6.42. The van der Waals surface area contributed by atoms with Crippen LogP contribution < -0.4 is 15.4 Å². The van der Waals surface area contributed by atoms with Gasteiger partial charge in [0.05, 0.1) is 12.2 Å². The average Bonchev–Trinajstić information content (AvgIpc) is 3.24. The number of ether oxygens (including phenoxy) is 2. The molecule has 9 heteroatoms. The third-order valence-corrected chi connectivity index (χ3v) is 7.58. The van der Waals surface area contributed by atoms with E-state index in [0.29, 0.717) is 32.6 Å². The molecule has 3 aromatic rings. The first-order valence-electron chi connectivity index (χ1n) is 12.2. The first-order valence-corrected chi connectivity index (χ1v) is 13.4. The van der Waals surface area contributed by atoms with Crippen molar-refractivity contribution in [3.05, 3.63) is 74.6 Å². The molecule has 0 saturated carbocycles. The second kappa shape index (κ2) is 11.8. The number of amides is 2. The molecule has 7 nitrogen and oxygen atoms in total. The lowest BCUT2D eigenvalue weighted by Crippen LogP contribution is -2.30. The second-order valence-corrected chi connectivity index (χ2v) is 10.4. The zero-order valence-corrected chi connectivity index (χ0v) is 22.6. The van der Waals surface area contributed by atoms with Gasteiger partial charge in [-0.2, -0.15) is 0 Å². The van der Waals surface area contributed by atoms with Crippen LogP contribution in [0.3, 0.4) is 0 Å². The van der Waals surface area contributed by atoms with Crippen LogP contribution >= 0.6 is 22.9 Å². The summed E-state index contributed by atoms with van der Waals surface area (Å²) in [7, 11) is 0. The van der Waals surface area contributed by atoms with Gasteiger partial charge in [-0.15, -0.1) is 11.3 Å². The van der Waals surface area contributed by atoms with E-state index >= 15 is 0 Å². The van der Waals surface area contributed by atoms with Crippen LogP contribution in [-0.2, 0) is 22.4 Å². The van der Waals surface area contributed by atoms with Gasteiger partial charge in [-0.1, -0.05) is 17.7 Å². The van der Waals surface area contributed by atoms with E-state index in [9.17, 15) is 14.4 Å². The fraction of sp³-hybridized carbons (Fsp3) is 0.321. The number of halogens is 1. The number of rotatable bonds is 8. The number of esters is 1. The van der Waals surface area contributed by atoms with Crippen molar-refractivity contribution in [1.82, 2.24) is 0 Å². The lowest BCUT2D eigenvalue weighted by molar-refractivity contribution is -0.122. The topological polar surface area (TPSA) is 93.7 Å². The third kappa shape index (κ3) is 6.32. The Hall–Kier alpha value is -3.36. The number of benzene rings is 2. The van der Waals surface area contributed by atoms with Gasteiger partial charge in [-0.05, 0) is 94.0 Å². The summed E-state index contributed by atoms with van der Waals surface area (Å²) >= 11 is 7.47. The van der Waals surface area contributed by atoms with E-state index in [1.165, 1.54) is 11.3 Å². The van der Waals surface area contributed by atoms with Crippen molar-refractivity contribution in [2.24, 2.45) is 0 Å². The maximum atomic E-state index is 13.0. The van der Waals surface area contributed by atoms with Gasteiger partial charge in [0.1, 0.15) is 10.8 Å². The van der Waals surface area contributed by atoms with Crippen LogP contribution in [0.25, 0.3) is 0 Å². The van der Waals surface area contributed by atoms with Gasteiger partial charge < -0.3 is 20.1 Å². The Morgan fingerprint density at radius 1 is 1.05 bits per heavy atom. The predicted molar refractivity (Wildman–Crippen MR) is 146 cm³/mol. The highest BCUT2D eigenvalue weighted by molar-refractivity contribution is 7.17. The molecule has 0 fully saturated rings. The van der Waals surface area contributed by atoms with Crippen molar-refractivity contribution in [3.8, 4) is 5.75 Å². The van der Waals surface area contributed by atoms with Crippen LogP contribution in [0, 0.1) is 6.92 Å². The van der Waals surface area contributed by atoms with Crippen molar-refractivity contribution in [2.75, 3.05) is 17.2 Å². The molecule has 1 atom stereocenters. The quantitative estimate of drug-likeness (QED) is 0.321. The molecule has 0 aliphatic heterocycles. The van der Waals surface area contributed by atoms with Gasteiger partial charge in [-0.25, -0.2) is 4.79 Å². The number of nitrogens with one attached hydrogen (secondary N) is 2. The number of thiophene rings is 1. The molecule has 4 rings (SSSR count). The van der Waals surface area contributed by atoms with Crippen molar-refractivity contribution < 1.29 is 23.9 Å². The fourth-order valence-electron chi connectivity index (χ4n) is 4.15. The van der Waals surface area contributed by atoms with Gasteiger partial charge in [0.2, 0.25) is 0 Å². The molecule has 2 aromatic carbocycles. The maximum absolute atomic E-state index is 13.0. The molecule has 0 saturated heterocycles. The van der Waals surface area contributed by atoms with Crippen molar-refractivity contribution >= 4 is 51.4 Å². The summed E-state index contributed by atoms with van der Waals surface area (Å²) in [5, 5.41) is 6.78. The normalized spacial score (nSPS) is 13.3. The molecule has 0 bridgehead atoms. The Labute approximate surface area is 225 Å². The van der Waals surface area contributed by atoms with Crippen molar-refractivity contribution in [2.45, 2.75) is 52.6 Å². The third-order valence-electron chi connectivity index (χ3n) is 6.13. The molecule has 2 amide bonds. The van der Waals surface area contributed by atoms with E-state index in [0.717, 1.165) is 41.7 Å². The summed E-state index contributed by atoms with van der Waals surface area (Å²) in [6, 6.07) is 11.8. The monoisotopic (exact) mass is 540 g/mol. The van der Waals surface area contributed by atoms with Crippen LogP contribution in [0.15, 0.2) is 42.5 Å². The standard InChI is InChI=1S/C28H29ClN2O5S/c1-4-35-28(34)24-21-7-5-6-8-23(21)37-27(24)31-26(33)18-10-13-20(14-11-18)36-17(3)25(32)30-22-15-19(29)12-9-16(22)2/h9-15,17H,4-8H2,1-3H3,(H,30,32)(H,31,33)/t17-/m0/s1. The summed E-state index contributed by atoms with van der Waals surface area (Å²) in [5.74, 6) is -0.611. The van der Waals surface area contributed by atoms with Crippen LogP contribution in [-0.4, -0.2) is 30.5 Å². The Kier molecular flexibility index (Phi) is 8.51. The van der Waals surface area contributed by atoms with Crippen LogP contribution in [0.5, 0.6) is 5.75 Å². The molecule has 1 aliphatic rings. The fourth-order valence-corrected chi connectivity index (χ4v) is 5.60. The summed E-state index contributed by atoms with van der Waals surface area (Å²) in [5.41, 5.74) is 3.38. The van der Waals surface area contributed by atoms with E-state index in [2.05, 4.69) is 10.6 Å². The van der Waals surface area contributed by atoms with E-state index in [1.54, 1.807) is 50.2 Å². The van der Waals surface area contributed by atoms with Crippen LogP contribution in [0.1, 0.15) is 63.4 Å². The average molecular weight is 541 g/mol. The molecule has 0 unspecified atom stereocenters. The highest BCUT2D eigenvalue weighted by Gasteiger charge is 2.27. The molecule has 2 N–H and O–H groups in total. The number of fused-ring (bicyclic) bond motifs is 1. The lowest BCUT2D eigenvalue weighted by Gasteiger charge is -2.16. The Morgan fingerprint density at radius 3 is 2.51 bits per heavy atom. The van der Waals surface area contributed by atoms with Gasteiger partial charge >= 0.3 is 5.97 Å². The first kappa shape index (κ1) is 26.7. The highest BCUT2D eigenvalue weighted by atomic mass is 35.5.